The number of benzene rings is 1. The molecule has 1 aliphatic rings. The first kappa shape index (κ1) is 21.0. The lowest BCUT2D eigenvalue weighted by molar-refractivity contribution is 0.105. The van der Waals surface area contributed by atoms with Crippen LogP contribution in [0, 0.1) is 0 Å². The number of thiophene rings is 1. The second-order valence-corrected chi connectivity index (χ2v) is 10.1. The number of hydrogen-bond acceptors (Lipinski definition) is 7. The zero-order valence-corrected chi connectivity index (χ0v) is 18.4. The minimum absolute atomic E-state index is 0.0752. The fraction of sp³-hybridized carbons (Fsp3) is 0.0500. The summed E-state index contributed by atoms with van der Waals surface area (Å²) >= 11 is 6.58. The number of sulfonamides is 1. The van der Waals surface area contributed by atoms with E-state index < -0.39 is 16.1 Å². The van der Waals surface area contributed by atoms with Gasteiger partial charge in [0.15, 0.2) is 5.78 Å². The van der Waals surface area contributed by atoms with Crippen LogP contribution in [0.4, 0.5) is 16.2 Å². The Labute approximate surface area is 187 Å². The number of amides is 2. The SMILES string of the molecule is CNc1ccc2c(c1)C=C(c1ccc(NC(=O)NS(=O)(=O)c3ccc(Cl)s3)cn1)C2=O. The summed E-state index contributed by atoms with van der Waals surface area (Å²) in [5.41, 5.74) is 3.44. The quantitative estimate of drug-likeness (QED) is 0.512. The van der Waals surface area contributed by atoms with Gasteiger partial charge in [0.25, 0.3) is 10.0 Å². The number of nitrogens with one attached hydrogen (secondary N) is 3. The van der Waals surface area contributed by atoms with Gasteiger partial charge in [0.1, 0.15) is 4.21 Å². The molecule has 158 valence electrons. The van der Waals surface area contributed by atoms with Crippen LogP contribution < -0.4 is 15.4 Å². The predicted octanol–water partition coefficient (Wildman–Crippen LogP) is 4.09. The molecular formula is C20H15ClN4O4S2. The topological polar surface area (TPSA) is 117 Å². The number of fused-ring (bicyclic) bond motifs is 1. The average Bonchev–Trinajstić information content (AvgIpc) is 3.32. The van der Waals surface area contributed by atoms with Crippen LogP contribution in [0.25, 0.3) is 11.6 Å². The Morgan fingerprint density at radius 3 is 2.52 bits per heavy atom. The van der Waals surface area contributed by atoms with Crippen LogP contribution in [-0.4, -0.2) is 32.3 Å². The maximum absolute atomic E-state index is 12.7. The van der Waals surface area contributed by atoms with Crippen LogP contribution in [0.15, 0.2) is 52.9 Å². The fourth-order valence-corrected chi connectivity index (χ4v) is 5.39. The van der Waals surface area contributed by atoms with Crippen LogP contribution >= 0.6 is 22.9 Å². The Balaban J connectivity index is 1.46. The van der Waals surface area contributed by atoms with E-state index in [0.717, 1.165) is 22.6 Å². The monoisotopic (exact) mass is 474 g/mol. The molecule has 4 rings (SSSR count). The number of ketones is 1. The van der Waals surface area contributed by atoms with Gasteiger partial charge in [0.05, 0.1) is 21.9 Å². The smallest absolute Gasteiger partial charge is 0.333 e. The highest BCUT2D eigenvalue weighted by Gasteiger charge is 2.25. The molecule has 31 heavy (non-hydrogen) atoms. The molecule has 1 aromatic carbocycles. The maximum atomic E-state index is 12.7. The number of aromatic nitrogens is 1. The van der Waals surface area contributed by atoms with Gasteiger partial charge in [0, 0.05) is 23.9 Å². The molecule has 3 N–H and O–H groups in total. The number of carbonyl (C=O) groups is 2. The van der Waals surface area contributed by atoms with E-state index in [1.807, 2.05) is 16.9 Å². The molecule has 3 aromatic rings. The lowest BCUT2D eigenvalue weighted by Crippen LogP contribution is -2.34. The van der Waals surface area contributed by atoms with Gasteiger partial charge >= 0.3 is 6.03 Å². The summed E-state index contributed by atoms with van der Waals surface area (Å²) in [4.78, 5) is 29.0. The predicted molar refractivity (Wildman–Crippen MR) is 121 cm³/mol. The van der Waals surface area contributed by atoms with Crippen LogP contribution in [0.2, 0.25) is 4.34 Å². The van der Waals surface area contributed by atoms with Gasteiger partial charge in [-0.3, -0.25) is 9.78 Å². The Morgan fingerprint density at radius 2 is 1.87 bits per heavy atom. The lowest BCUT2D eigenvalue weighted by Gasteiger charge is -2.08. The van der Waals surface area contributed by atoms with Gasteiger partial charge in [-0.05, 0) is 54.1 Å². The minimum Gasteiger partial charge on any atom is -0.388 e. The molecule has 0 spiro atoms. The van der Waals surface area contributed by atoms with Crippen molar-refractivity contribution < 1.29 is 18.0 Å². The van der Waals surface area contributed by atoms with Crippen LogP contribution in [0.1, 0.15) is 21.6 Å². The third-order valence-electron chi connectivity index (χ3n) is 4.47. The highest BCUT2D eigenvalue weighted by atomic mass is 35.5. The molecular weight excluding hydrogens is 460 g/mol. The van der Waals surface area contributed by atoms with Crippen molar-refractivity contribution in [3.63, 3.8) is 0 Å². The van der Waals surface area contributed by atoms with Gasteiger partial charge in [-0.25, -0.2) is 17.9 Å². The summed E-state index contributed by atoms with van der Waals surface area (Å²) in [5, 5.41) is 5.43. The van der Waals surface area contributed by atoms with Gasteiger partial charge < -0.3 is 10.6 Å². The first-order chi connectivity index (χ1) is 14.8. The molecule has 11 heteroatoms. The molecule has 0 radical (unpaired) electrons. The van der Waals surface area contributed by atoms with Crippen molar-refractivity contribution in [1.82, 2.24) is 9.71 Å². The summed E-state index contributed by atoms with van der Waals surface area (Å²) < 4.78 is 26.5. The van der Waals surface area contributed by atoms with Gasteiger partial charge in [-0.2, -0.15) is 0 Å². The molecule has 0 bridgehead atoms. The second kappa shape index (κ2) is 8.14. The van der Waals surface area contributed by atoms with E-state index in [1.165, 1.54) is 24.4 Å². The van der Waals surface area contributed by atoms with Crippen molar-refractivity contribution in [2.45, 2.75) is 4.21 Å². The van der Waals surface area contributed by atoms with Gasteiger partial charge in [0.2, 0.25) is 0 Å². The number of anilines is 2. The number of Topliss-reactive ketones (excluding diaryl/α,β-unsaturated/α-hetero) is 1. The summed E-state index contributed by atoms with van der Waals surface area (Å²) in [6.07, 6.45) is 3.11. The number of allylic oxidation sites excluding steroid dienone is 1. The van der Waals surface area contributed by atoms with Crippen molar-refractivity contribution >= 4 is 67.8 Å². The van der Waals surface area contributed by atoms with Crippen molar-refractivity contribution in [3.05, 3.63) is 69.8 Å². The van der Waals surface area contributed by atoms with Crippen molar-refractivity contribution in [2.75, 3.05) is 17.7 Å². The standard InChI is InChI=1S/C20H15ClN4O4S2/c1-22-12-2-4-14-11(8-12)9-15(19(14)26)16-5-3-13(10-23-16)24-20(27)25-31(28,29)18-7-6-17(21)30-18/h2-10,22H,1H3,(H2,24,25,27). The minimum atomic E-state index is -4.03. The second-order valence-electron chi connectivity index (χ2n) is 6.49. The molecule has 2 heterocycles. The van der Waals surface area contributed by atoms with Crippen molar-refractivity contribution in [1.29, 1.82) is 0 Å². The van der Waals surface area contributed by atoms with E-state index in [-0.39, 0.29) is 15.7 Å². The molecule has 8 nitrogen and oxygen atoms in total. The third kappa shape index (κ3) is 4.31. The normalized spacial score (nSPS) is 12.8. The first-order valence-corrected chi connectivity index (χ1v) is 11.6. The number of pyridine rings is 1. The summed E-state index contributed by atoms with van der Waals surface area (Å²) in [6.45, 7) is 0. The van der Waals surface area contributed by atoms with Crippen molar-refractivity contribution in [3.8, 4) is 0 Å². The summed E-state index contributed by atoms with van der Waals surface area (Å²) in [7, 11) is -2.23. The van der Waals surface area contributed by atoms with E-state index in [2.05, 4.69) is 15.6 Å². The Kier molecular flexibility index (Phi) is 5.52. The lowest BCUT2D eigenvalue weighted by atomic mass is 10.1. The molecule has 2 amide bonds. The summed E-state index contributed by atoms with van der Waals surface area (Å²) in [6, 6.07) is 10.4. The van der Waals surface area contributed by atoms with E-state index in [4.69, 9.17) is 11.6 Å². The first-order valence-electron chi connectivity index (χ1n) is 8.90. The molecule has 0 aliphatic heterocycles. The zero-order valence-electron chi connectivity index (χ0n) is 16.0. The van der Waals surface area contributed by atoms with E-state index >= 15 is 0 Å². The number of nitrogens with zero attached hydrogens (tertiary/aromatic N) is 1. The Bertz CT molecular complexity index is 1330. The van der Waals surface area contributed by atoms with Gasteiger partial charge in [-0.15, -0.1) is 11.3 Å². The van der Waals surface area contributed by atoms with Crippen LogP contribution in [0.3, 0.4) is 0 Å². The molecule has 0 unspecified atom stereocenters. The maximum Gasteiger partial charge on any atom is 0.333 e. The van der Waals surface area contributed by atoms with E-state index in [0.29, 0.717) is 21.2 Å². The molecule has 2 aromatic heterocycles. The highest BCUT2D eigenvalue weighted by Crippen LogP contribution is 2.32. The van der Waals surface area contributed by atoms with Crippen LogP contribution in [0.5, 0.6) is 0 Å². The number of urea groups is 1. The van der Waals surface area contributed by atoms with Gasteiger partial charge in [-0.1, -0.05) is 11.6 Å². The Hall–Kier alpha value is -3.21. The largest absolute Gasteiger partial charge is 0.388 e. The number of rotatable bonds is 5. The number of hydrogen-bond donors (Lipinski definition) is 3. The van der Waals surface area contributed by atoms with E-state index in [9.17, 15) is 18.0 Å². The Morgan fingerprint density at radius 1 is 1.10 bits per heavy atom. The zero-order chi connectivity index (χ0) is 22.2. The molecule has 0 fully saturated rings. The number of carbonyl (C=O) groups excluding carboxylic acids is 2. The molecule has 0 saturated carbocycles. The molecule has 0 atom stereocenters. The third-order valence-corrected chi connectivity index (χ3v) is 7.52. The van der Waals surface area contributed by atoms with Crippen LogP contribution in [-0.2, 0) is 10.0 Å². The highest BCUT2D eigenvalue weighted by molar-refractivity contribution is 7.92. The summed E-state index contributed by atoms with van der Waals surface area (Å²) in [5.74, 6) is -0.135. The molecule has 1 aliphatic carbocycles. The average molecular weight is 475 g/mol. The van der Waals surface area contributed by atoms with E-state index in [1.54, 1.807) is 25.3 Å². The fourth-order valence-electron chi connectivity index (χ4n) is 3.00. The number of halogens is 1. The van der Waals surface area contributed by atoms with Crippen molar-refractivity contribution in [2.24, 2.45) is 0 Å². The molecule has 0 saturated heterocycles.